The van der Waals surface area contributed by atoms with Crippen LogP contribution in [0.3, 0.4) is 0 Å². The SMILES string of the molecule is COC(Cc1ccccc1)C[C@H](NC(=O)OCc1ccccc1)C(=O)O. The van der Waals surface area contributed by atoms with Crippen molar-refractivity contribution in [2.45, 2.75) is 31.6 Å². The molecule has 0 fully saturated rings. The van der Waals surface area contributed by atoms with Crippen molar-refractivity contribution in [1.82, 2.24) is 5.32 Å². The number of hydrogen-bond donors (Lipinski definition) is 2. The molecule has 2 rings (SSSR count). The Kier molecular flexibility index (Phi) is 7.64. The fourth-order valence-electron chi connectivity index (χ4n) is 2.53. The first-order chi connectivity index (χ1) is 12.6. The van der Waals surface area contributed by atoms with E-state index < -0.39 is 18.1 Å². The summed E-state index contributed by atoms with van der Waals surface area (Å²) in [5.41, 5.74) is 1.86. The van der Waals surface area contributed by atoms with Crippen molar-refractivity contribution >= 4 is 12.1 Å². The molecule has 1 amide bonds. The molecule has 0 saturated carbocycles. The summed E-state index contributed by atoms with van der Waals surface area (Å²) < 4.78 is 10.5. The van der Waals surface area contributed by atoms with Crippen LogP contribution in [0.1, 0.15) is 17.5 Å². The molecule has 0 aliphatic carbocycles. The van der Waals surface area contributed by atoms with Crippen molar-refractivity contribution in [2.75, 3.05) is 7.11 Å². The van der Waals surface area contributed by atoms with Gasteiger partial charge in [0.15, 0.2) is 0 Å². The van der Waals surface area contributed by atoms with Crippen LogP contribution in [0, 0.1) is 0 Å². The minimum atomic E-state index is -1.13. The van der Waals surface area contributed by atoms with Crippen LogP contribution in [-0.2, 0) is 27.3 Å². The summed E-state index contributed by atoms with van der Waals surface area (Å²) in [6, 6.07) is 17.7. The molecule has 0 spiro atoms. The molecule has 0 heterocycles. The van der Waals surface area contributed by atoms with Crippen LogP contribution in [0.4, 0.5) is 4.79 Å². The Hall–Kier alpha value is -2.86. The van der Waals surface area contributed by atoms with Crippen LogP contribution in [0.2, 0.25) is 0 Å². The topological polar surface area (TPSA) is 84.9 Å². The monoisotopic (exact) mass is 357 g/mol. The van der Waals surface area contributed by atoms with Crippen LogP contribution < -0.4 is 5.32 Å². The number of hydrogen-bond acceptors (Lipinski definition) is 4. The molecule has 2 aromatic rings. The van der Waals surface area contributed by atoms with E-state index >= 15 is 0 Å². The van der Waals surface area contributed by atoms with Gasteiger partial charge in [0.1, 0.15) is 12.6 Å². The van der Waals surface area contributed by atoms with Crippen molar-refractivity contribution in [3.8, 4) is 0 Å². The first kappa shape index (κ1) is 19.5. The zero-order valence-corrected chi connectivity index (χ0v) is 14.6. The molecule has 6 nitrogen and oxygen atoms in total. The van der Waals surface area contributed by atoms with Crippen LogP contribution >= 0.6 is 0 Å². The van der Waals surface area contributed by atoms with Crippen LogP contribution in [0.25, 0.3) is 0 Å². The maximum Gasteiger partial charge on any atom is 0.408 e. The molecule has 0 aliphatic heterocycles. The fraction of sp³-hybridized carbons (Fsp3) is 0.300. The van der Waals surface area contributed by atoms with Gasteiger partial charge in [-0.2, -0.15) is 0 Å². The average Bonchev–Trinajstić information content (AvgIpc) is 2.66. The number of carboxylic acids is 1. The third-order valence-electron chi connectivity index (χ3n) is 3.94. The molecule has 0 saturated heterocycles. The number of aliphatic carboxylic acids is 1. The lowest BCUT2D eigenvalue weighted by Crippen LogP contribution is -2.43. The third kappa shape index (κ3) is 6.57. The number of rotatable bonds is 9. The van der Waals surface area contributed by atoms with E-state index in [9.17, 15) is 14.7 Å². The first-order valence-electron chi connectivity index (χ1n) is 8.35. The zero-order chi connectivity index (χ0) is 18.8. The molecule has 2 N–H and O–H groups in total. The van der Waals surface area contributed by atoms with Gasteiger partial charge in [0, 0.05) is 13.5 Å². The lowest BCUT2D eigenvalue weighted by molar-refractivity contribution is -0.140. The summed E-state index contributed by atoms with van der Waals surface area (Å²) in [4.78, 5) is 23.4. The van der Waals surface area contributed by atoms with Crippen molar-refractivity contribution in [2.24, 2.45) is 0 Å². The van der Waals surface area contributed by atoms with Crippen molar-refractivity contribution in [3.63, 3.8) is 0 Å². The van der Waals surface area contributed by atoms with Gasteiger partial charge in [-0.15, -0.1) is 0 Å². The Morgan fingerprint density at radius 2 is 1.58 bits per heavy atom. The van der Waals surface area contributed by atoms with Crippen LogP contribution in [-0.4, -0.2) is 36.4 Å². The highest BCUT2D eigenvalue weighted by Crippen LogP contribution is 2.11. The molecule has 6 heteroatoms. The van der Waals surface area contributed by atoms with Gasteiger partial charge in [0.2, 0.25) is 0 Å². The lowest BCUT2D eigenvalue weighted by atomic mass is 10.0. The van der Waals surface area contributed by atoms with Crippen molar-refractivity contribution in [1.29, 1.82) is 0 Å². The Morgan fingerprint density at radius 1 is 1.00 bits per heavy atom. The summed E-state index contributed by atoms with van der Waals surface area (Å²) >= 11 is 0. The molecule has 2 atom stereocenters. The van der Waals surface area contributed by atoms with Gasteiger partial charge in [0.05, 0.1) is 6.10 Å². The molecule has 0 aromatic heterocycles. The van der Waals surface area contributed by atoms with Crippen LogP contribution in [0.15, 0.2) is 60.7 Å². The molecule has 0 aliphatic rings. The summed E-state index contributed by atoms with van der Waals surface area (Å²) in [5.74, 6) is -1.13. The maximum atomic E-state index is 11.9. The Labute approximate surface area is 152 Å². The fourth-order valence-corrected chi connectivity index (χ4v) is 2.53. The van der Waals surface area contributed by atoms with E-state index in [1.807, 2.05) is 60.7 Å². The largest absolute Gasteiger partial charge is 0.480 e. The highest BCUT2D eigenvalue weighted by Gasteiger charge is 2.25. The molecular formula is C20H23NO5. The maximum absolute atomic E-state index is 11.9. The third-order valence-corrected chi connectivity index (χ3v) is 3.94. The van der Waals surface area contributed by atoms with Crippen molar-refractivity contribution in [3.05, 3.63) is 71.8 Å². The second-order valence-corrected chi connectivity index (χ2v) is 5.88. The first-order valence-corrected chi connectivity index (χ1v) is 8.35. The van der Waals surface area contributed by atoms with E-state index in [2.05, 4.69) is 5.32 Å². The second-order valence-electron chi connectivity index (χ2n) is 5.88. The van der Waals surface area contributed by atoms with E-state index in [-0.39, 0.29) is 19.1 Å². The number of benzene rings is 2. The van der Waals surface area contributed by atoms with Gasteiger partial charge in [-0.3, -0.25) is 0 Å². The lowest BCUT2D eigenvalue weighted by Gasteiger charge is -2.21. The number of ether oxygens (including phenoxy) is 2. The number of carboxylic acid groups (broad SMARTS) is 1. The van der Waals surface area contributed by atoms with E-state index in [0.717, 1.165) is 11.1 Å². The molecule has 0 bridgehead atoms. The molecule has 0 radical (unpaired) electrons. The van der Waals surface area contributed by atoms with E-state index in [0.29, 0.717) is 6.42 Å². The number of amides is 1. The summed E-state index contributed by atoms with van der Waals surface area (Å²) in [6.07, 6.45) is -0.410. The smallest absolute Gasteiger partial charge is 0.408 e. The van der Waals surface area contributed by atoms with Crippen molar-refractivity contribution < 1.29 is 24.2 Å². The Balaban J connectivity index is 1.88. The highest BCUT2D eigenvalue weighted by molar-refractivity contribution is 5.79. The van der Waals surface area contributed by atoms with Gasteiger partial charge < -0.3 is 19.9 Å². The van der Waals surface area contributed by atoms with Gasteiger partial charge in [-0.1, -0.05) is 60.7 Å². The summed E-state index contributed by atoms with van der Waals surface area (Å²) in [5, 5.41) is 11.8. The number of alkyl carbamates (subject to hydrolysis) is 1. The Morgan fingerprint density at radius 3 is 2.12 bits per heavy atom. The molecule has 2 aromatic carbocycles. The van der Waals surface area contributed by atoms with Gasteiger partial charge in [0.25, 0.3) is 0 Å². The van der Waals surface area contributed by atoms with E-state index in [1.165, 1.54) is 7.11 Å². The summed E-state index contributed by atoms with van der Waals surface area (Å²) in [7, 11) is 1.53. The molecular weight excluding hydrogens is 334 g/mol. The Bertz CT molecular complexity index is 690. The van der Waals surface area contributed by atoms with Crippen LogP contribution in [0.5, 0.6) is 0 Å². The normalized spacial score (nSPS) is 12.8. The predicted octanol–water partition coefficient (Wildman–Crippen LogP) is 3.01. The summed E-state index contributed by atoms with van der Waals surface area (Å²) in [6.45, 7) is 0.0801. The standard InChI is InChI=1S/C20H23NO5/c1-25-17(12-15-8-4-2-5-9-15)13-18(19(22)23)21-20(24)26-14-16-10-6-3-7-11-16/h2-11,17-18H,12-14H2,1H3,(H,21,24)(H,22,23)/t17?,18-/m0/s1. The van der Waals surface area contributed by atoms with Gasteiger partial charge in [-0.05, 0) is 17.5 Å². The predicted molar refractivity (Wildman–Crippen MR) is 96.7 cm³/mol. The molecule has 26 heavy (non-hydrogen) atoms. The number of carbonyl (C=O) groups excluding carboxylic acids is 1. The van der Waals surface area contributed by atoms with Gasteiger partial charge in [-0.25, -0.2) is 9.59 Å². The zero-order valence-electron chi connectivity index (χ0n) is 14.6. The minimum Gasteiger partial charge on any atom is -0.480 e. The van der Waals surface area contributed by atoms with E-state index in [4.69, 9.17) is 9.47 Å². The number of nitrogens with one attached hydrogen (secondary N) is 1. The molecule has 138 valence electrons. The highest BCUT2D eigenvalue weighted by atomic mass is 16.5. The second kappa shape index (κ2) is 10.2. The molecule has 1 unspecified atom stereocenters. The number of methoxy groups -OCH3 is 1. The van der Waals surface area contributed by atoms with Gasteiger partial charge >= 0.3 is 12.1 Å². The minimum absolute atomic E-state index is 0.0801. The van der Waals surface area contributed by atoms with E-state index in [1.54, 1.807) is 0 Å². The average molecular weight is 357 g/mol. The number of carbonyl (C=O) groups is 2. The quantitative estimate of drug-likeness (QED) is 0.721.